The number of hydrogen-bond donors (Lipinski definition) is 2. The highest BCUT2D eigenvalue weighted by Crippen LogP contribution is 2.22. The first-order chi connectivity index (χ1) is 7.93. The van der Waals surface area contributed by atoms with Crippen LogP contribution in [0, 0.1) is 0 Å². The van der Waals surface area contributed by atoms with Gasteiger partial charge < -0.3 is 10.5 Å². The third-order valence-corrected chi connectivity index (χ3v) is 3.55. The first-order valence-electron chi connectivity index (χ1n) is 5.64. The van der Waals surface area contributed by atoms with Crippen LogP contribution in [0.3, 0.4) is 0 Å². The third-order valence-electron chi connectivity index (χ3n) is 3.55. The van der Waals surface area contributed by atoms with Crippen LogP contribution >= 0.6 is 0 Å². The van der Waals surface area contributed by atoms with Gasteiger partial charge in [-0.2, -0.15) is 0 Å². The Balaban J connectivity index is 1.86. The minimum atomic E-state index is 0.397. The zero-order valence-electron chi connectivity index (χ0n) is 8.77. The molecule has 2 nitrogen and oxygen atoms in total. The summed E-state index contributed by atoms with van der Waals surface area (Å²) in [6.07, 6.45) is 0. The molecule has 4 rings (SSSR count). The summed E-state index contributed by atoms with van der Waals surface area (Å²) >= 11 is 0. The van der Waals surface area contributed by atoms with E-state index >= 15 is 0 Å². The number of nitrogens with one attached hydrogen (secondary N) is 2. The lowest BCUT2D eigenvalue weighted by atomic mass is 9.21. The molecule has 0 spiro atoms. The Hall–Kier alpha value is -1.83. The zero-order chi connectivity index (χ0) is 10.5. The molecule has 0 saturated carbocycles. The second kappa shape index (κ2) is 2.85. The largest absolute Gasteiger partial charge is 0.428 e. The summed E-state index contributed by atoms with van der Waals surface area (Å²) in [6, 6.07) is 17.1. The van der Waals surface area contributed by atoms with Crippen LogP contribution in [0.4, 0.5) is 11.4 Å². The topological polar surface area (TPSA) is 24.1 Å². The molecule has 0 radical (unpaired) electrons. The highest BCUT2D eigenvalue weighted by molar-refractivity contribution is 7.39. The Kier molecular flexibility index (Phi) is 1.48. The minimum absolute atomic E-state index is 0.397. The lowest BCUT2D eigenvalue weighted by Gasteiger charge is -2.07. The van der Waals surface area contributed by atoms with Crippen molar-refractivity contribution in [1.29, 1.82) is 0 Å². The first kappa shape index (κ1) is 8.34. The molecule has 2 aliphatic heterocycles. The van der Waals surface area contributed by atoms with Crippen molar-refractivity contribution in [3.63, 3.8) is 0 Å². The van der Waals surface area contributed by atoms with Gasteiger partial charge >= 0.3 is 0 Å². The van der Waals surface area contributed by atoms with Gasteiger partial charge in [0.25, 0.3) is 13.5 Å². The summed E-state index contributed by atoms with van der Waals surface area (Å²) in [5, 5.41) is 7.18. The van der Waals surface area contributed by atoms with E-state index < -0.39 is 0 Å². The maximum Gasteiger partial charge on any atom is 0.284 e. The van der Waals surface area contributed by atoms with E-state index in [-0.39, 0.29) is 0 Å². The molecule has 0 aromatic heterocycles. The van der Waals surface area contributed by atoms with E-state index in [0.29, 0.717) is 13.5 Å². The molecule has 2 aromatic carbocycles. The molecule has 0 atom stereocenters. The van der Waals surface area contributed by atoms with E-state index in [4.69, 9.17) is 0 Å². The molecular weight excluding hydrogens is 194 g/mol. The van der Waals surface area contributed by atoms with E-state index in [1.807, 2.05) is 0 Å². The highest BCUT2D eigenvalue weighted by Gasteiger charge is 2.46. The van der Waals surface area contributed by atoms with Crippen molar-refractivity contribution in [3.05, 3.63) is 48.5 Å². The molecule has 2 N–H and O–H groups in total. The van der Waals surface area contributed by atoms with Gasteiger partial charge in [-0.1, -0.05) is 36.4 Å². The fourth-order valence-corrected chi connectivity index (χ4v) is 2.82. The van der Waals surface area contributed by atoms with Crippen LogP contribution in [0.15, 0.2) is 48.5 Å². The van der Waals surface area contributed by atoms with Gasteiger partial charge in [0.1, 0.15) is 0 Å². The molecule has 0 fully saturated rings. The lowest BCUT2D eigenvalue weighted by molar-refractivity contribution is 1.69. The number of rotatable bonds is 0. The van der Waals surface area contributed by atoms with Crippen LogP contribution in [0.25, 0.3) is 0 Å². The molecule has 0 aliphatic carbocycles. The van der Waals surface area contributed by atoms with E-state index in [1.54, 1.807) is 0 Å². The zero-order valence-corrected chi connectivity index (χ0v) is 8.77. The Morgan fingerprint density at radius 3 is 1.56 bits per heavy atom. The van der Waals surface area contributed by atoms with Gasteiger partial charge in [-0.15, -0.1) is 0 Å². The highest BCUT2D eigenvalue weighted by atomic mass is 14.9. The normalized spacial score (nSPS) is 15.0. The molecule has 4 heteroatoms. The van der Waals surface area contributed by atoms with Crippen molar-refractivity contribution < 1.29 is 0 Å². The standard InChI is InChI=1S/C12H10B2N2/c1-3-7-11-9(5-1)13-14(15-11)10-6-2-4-8-12(10)16-13/h1-8,15-16H. The number of anilines is 2. The number of fused-ring (bicyclic) bond motifs is 5. The summed E-state index contributed by atoms with van der Waals surface area (Å²) in [6.45, 7) is 0.794. The Bertz CT molecular complexity index is 519. The minimum Gasteiger partial charge on any atom is -0.428 e. The van der Waals surface area contributed by atoms with E-state index in [1.165, 1.54) is 22.3 Å². The molecule has 2 aromatic rings. The summed E-state index contributed by atoms with van der Waals surface area (Å²) in [7, 11) is 0. The van der Waals surface area contributed by atoms with Crippen LogP contribution in [0.2, 0.25) is 0 Å². The summed E-state index contributed by atoms with van der Waals surface area (Å²) < 4.78 is 0. The van der Waals surface area contributed by atoms with E-state index in [2.05, 4.69) is 59.0 Å². The summed E-state index contributed by atoms with van der Waals surface area (Å²) in [4.78, 5) is 0. The van der Waals surface area contributed by atoms with Crippen molar-refractivity contribution in [2.24, 2.45) is 0 Å². The predicted molar refractivity (Wildman–Crippen MR) is 70.9 cm³/mol. The van der Waals surface area contributed by atoms with Gasteiger partial charge in [-0.05, 0) is 23.1 Å². The molecule has 74 valence electrons. The average Bonchev–Trinajstić information content (AvgIpc) is 2.85. The third kappa shape index (κ3) is 0.941. The maximum atomic E-state index is 3.59. The SMILES string of the molecule is c1ccc2c(c1)NB1B2Nc2ccccc21. The molecular formula is C12H10B2N2. The second-order valence-electron chi connectivity index (χ2n) is 4.42. The van der Waals surface area contributed by atoms with Gasteiger partial charge in [-0.3, -0.25) is 0 Å². The van der Waals surface area contributed by atoms with Crippen LogP contribution in [-0.2, 0) is 0 Å². The lowest BCUT2D eigenvalue weighted by Crippen LogP contribution is -2.49. The second-order valence-corrected chi connectivity index (χ2v) is 4.42. The summed E-state index contributed by atoms with van der Waals surface area (Å²) in [5.74, 6) is 0. The van der Waals surface area contributed by atoms with Crippen LogP contribution in [0.1, 0.15) is 0 Å². The van der Waals surface area contributed by atoms with Gasteiger partial charge in [-0.25, -0.2) is 0 Å². The Morgan fingerprint density at radius 2 is 1.06 bits per heavy atom. The Morgan fingerprint density at radius 1 is 0.625 bits per heavy atom. The monoisotopic (exact) mass is 204 g/mol. The average molecular weight is 204 g/mol. The van der Waals surface area contributed by atoms with Crippen molar-refractivity contribution in [3.8, 4) is 0 Å². The quantitative estimate of drug-likeness (QED) is 0.617. The van der Waals surface area contributed by atoms with Gasteiger partial charge in [0.15, 0.2) is 0 Å². The smallest absolute Gasteiger partial charge is 0.284 e. The van der Waals surface area contributed by atoms with Crippen molar-refractivity contribution in [2.75, 3.05) is 10.5 Å². The van der Waals surface area contributed by atoms with Crippen LogP contribution < -0.4 is 21.4 Å². The van der Waals surface area contributed by atoms with Gasteiger partial charge in [0.05, 0.1) is 0 Å². The van der Waals surface area contributed by atoms with E-state index in [0.717, 1.165) is 0 Å². The van der Waals surface area contributed by atoms with Crippen molar-refractivity contribution >= 4 is 35.8 Å². The van der Waals surface area contributed by atoms with E-state index in [9.17, 15) is 0 Å². The molecule has 0 bridgehead atoms. The predicted octanol–water partition coefficient (Wildman–Crippen LogP) is 0.713. The molecule has 0 amide bonds. The molecule has 0 saturated heterocycles. The van der Waals surface area contributed by atoms with Crippen LogP contribution in [0.5, 0.6) is 0 Å². The fourth-order valence-electron chi connectivity index (χ4n) is 2.82. The molecule has 2 heterocycles. The summed E-state index contributed by atoms with van der Waals surface area (Å²) in [5.41, 5.74) is 5.28. The fraction of sp³-hybridized carbons (Fsp3) is 0. The van der Waals surface area contributed by atoms with Gasteiger partial charge in [0, 0.05) is 11.4 Å². The Labute approximate surface area is 95.3 Å². The van der Waals surface area contributed by atoms with Crippen molar-refractivity contribution in [2.45, 2.75) is 0 Å². The molecule has 16 heavy (non-hydrogen) atoms. The number of benzene rings is 2. The number of para-hydroxylation sites is 2. The maximum absolute atomic E-state index is 3.59. The molecule has 2 aliphatic rings. The first-order valence-corrected chi connectivity index (χ1v) is 5.64. The number of hydrogen-bond acceptors (Lipinski definition) is 2. The van der Waals surface area contributed by atoms with Crippen molar-refractivity contribution in [1.82, 2.24) is 0 Å². The van der Waals surface area contributed by atoms with Crippen LogP contribution in [-0.4, -0.2) is 13.5 Å². The molecule has 0 unspecified atom stereocenters. The van der Waals surface area contributed by atoms with Gasteiger partial charge in [0.2, 0.25) is 0 Å².